The van der Waals surface area contributed by atoms with Gasteiger partial charge in [0.15, 0.2) is 17.3 Å². The van der Waals surface area contributed by atoms with Gasteiger partial charge < -0.3 is 14.2 Å². The van der Waals surface area contributed by atoms with Crippen molar-refractivity contribution in [3.05, 3.63) is 95.1 Å². The fourth-order valence-electron chi connectivity index (χ4n) is 6.37. The molecule has 2 aliphatic carbocycles. The summed E-state index contributed by atoms with van der Waals surface area (Å²) in [6.45, 7) is 10.00. The molecule has 2 aliphatic rings. The van der Waals surface area contributed by atoms with Gasteiger partial charge >= 0.3 is 17.9 Å². The largest absolute Gasteiger partial charge is 0.468 e. The van der Waals surface area contributed by atoms with Crippen LogP contribution in [0.15, 0.2) is 84.0 Å². The molecule has 9 heteroatoms. The highest BCUT2D eigenvalue weighted by molar-refractivity contribution is 6.20. The number of hydrogen-bond acceptors (Lipinski definition) is 9. The van der Waals surface area contributed by atoms with Crippen LogP contribution in [0.5, 0.6) is 0 Å². The van der Waals surface area contributed by atoms with Crippen LogP contribution in [0.25, 0.3) is 0 Å². The zero-order chi connectivity index (χ0) is 34.8. The van der Waals surface area contributed by atoms with Crippen LogP contribution >= 0.6 is 0 Å². The number of carbonyl (C=O) groups excluding carboxylic acids is 6. The molecule has 2 aromatic rings. The van der Waals surface area contributed by atoms with Gasteiger partial charge in [-0.05, 0) is 71.9 Å². The SMILES string of the molecule is COC(=O)C1(c2ccccc2)C=C(C(=O)OC(C)(C)CC2CC(=O)C(C(=O)OC(C)(C)C)=CC2(C)C(=O)c2ccccc2)C(=O)CC1. The summed E-state index contributed by atoms with van der Waals surface area (Å²) < 4.78 is 16.5. The van der Waals surface area contributed by atoms with E-state index in [-0.39, 0.29) is 42.6 Å². The highest BCUT2D eigenvalue weighted by Gasteiger charge is 2.50. The average Bonchev–Trinajstić information content (AvgIpc) is 3.01. The minimum Gasteiger partial charge on any atom is -0.468 e. The van der Waals surface area contributed by atoms with Gasteiger partial charge in [0.1, 0.15) is 22.2 Å². The van der Waals surface area contributed by atoms with Gasteiger partial charge in [-0.25, -0.2) is 9.59 Å². The Labute approximate surface area is 275 Å². The first-order valence-corrected chi connectivity index (χ1v) is 15.6. The Bertz CT molecular complexity index is 1640. The molecule has 0 spiro atoms. The van der Waals surface area contributed by atoms with Crippen molar-refractivity contribution in [1.82, 2.24) is 0 Å². The standard InChI is InChI=1S/C38H42O9/c1-35(2,3)46-32(42)27-22-37(6,31(41)24-14-10-8-11-15-24)26(20-30(27)40)21-36(4,5)47-33(43)28-23-38(34(44)45-7,19-18-29(28)39)25-16-12-9-13-17-25/h8-17,22-23,26H,18-21H2,1-7H3. The summed E-state index contributed by atoms with van der Waals surface area (Å²) in [7, 11) is 1.25. The van der Waals surface area contributed by atoms with Crippen molar-refractivity contribution in [3.8, 4) is 0 Å². The Morgan fingerprint density at radius 2 is 1.34 bits per heavy atom. The lowest BCUT2D eigenvalue weighted by atomic mass is 9.62. The zero-order valence-corrected chi connectivity index (χ0v) is 28.0. The third-order valence-electron chi connectivity index (χ3n) is 8.77. The lowest BCUT2D eigenvalue weighted by molar-refractivity contribution is -0.154. The number of allylic oxidation sites excluding steroid dienone is 1. The molecule has 0 amide bonds. The summed E-state index contributed by atoms with van der Waals surface area (Å²) >= 11 is 0. The van der Waals surface area contributed by atoms with Crippen molar-refractivity contribution in [2.75, 3.05) is 7.11 Å². The Kier molecular flexibility index (Phi) is 9.90. The number of hydrogen-bond donors (Lipinski definition) is 0. The molecule has 0 bridgehead atoms. The molecular weight excluding hydrogens is 600 g/mol. The van der Waals surface area contributed by atoms with Crippen molar-refractivity contribution >= 4 is 35.3 Å². The quantitative estimate of drug-likeness (QED) is 0.143. The number of esters is 3. The van der Waals surface area contributed by atoms with Crippen molar-refractivity contribution in [2.24, 2.45) is 11.3 Å². The molecule has 0 saturated carbocycles. The second kappa shape index (κ2) is 13.2. The number of methoxy groups -OCH3 is 1. The predicted molar refractivity (Wildman–Crippen MR) is 173 cm³/mol. The van der Waals surface area contributed by atoms with Crippen LogP contribution in [-0.4, -0.2) is 53.6 Å². The van der Waals surface area contributed by atoms with Crippen molar-refractivity contribution in [2.45, 2.75) is 83.8 Å². The summed E-state index contributed by atoms with van der Waals surface area (Å²) in [5.74, 6) is -4.30. The van der Waals surface area contributed by atoms with E-state index >= 15 is 0 Å². The van der Waals surface area contributed by atoms with Crippen LogP contribution in [0.1, 0.15) is 83.1 Å². The molecule has 4 rings (SSSR count). The number of Topliss-reactive ketones (excluding diaryl/α,β-unsaturated/α-hetero) is 3. The Balaban J connectivity index is 1.68. The third-order valence-corrected chi connectivity index (χ3v) is 8.77. The molecular formula is C38H42O9. The minimum atomic E-state index is -1.36. The molecule has 0 N–H and O–H groups in total. The predicted octanol–water partition coefficient (Wildman–Crippen LogP) is 5.84. The van der Waals surface area contributed by atoms with E-state index in [1.165, 1.54) is 19.3 Å². The van der Waals surface area contributed by atoms with Crippen LogP contribution in [-0.2, 0) is 43.6 Å². The normalized spacial score (nSPS) is 23.3. The van der Waals surface area contributed by atoms with E-state index in [4.69, 9.17) is 14.2 Å². The number of benzene rings is 2. The maximum Gasteiger partial charge on any atom is 0.342 e. The maximum absolute atomic E-state index is 14.1. The van der Waals surface area contributed by atoms with E-state index in [0.29, 0.717) is 11.1 Å². The molecule has 0 fully saturated rings. The fourth-order valence-corrected chi connectivity index (χ4v) is 6.37. The van der Waals surface area contributed by atoms with Gasteiger partial charge in [0, 0.05) is 18.4 Å². The number of ketones is 3. The zero-order valence-electron chi connectivity index (χ0n) is 28.0. The molecule has 0 radical (unpaired) electrons. The van der Waals surface area contributed by atoms with Crippen LogP contribution in [0, 0.1) is 11.3 Å². The summed E-state index contributed by atoms with van der Waals surface area (Å²) in [4.78, 5) is 80.4. The van der Waals surface area contributed by atoms with Crippen molar-refractivity contribution < 1.29 is 43.0 Å². The number of carbonyl (C=O) groups is 6. The molecule has 9 nitrogen and oxygen atoms in total. The van der Waals surface area contributed by atoms with Gasteiger partial charge in [0.2, 0.25) is 0 Å². The lowest BCUT2D eigenvalue weighted by Gasteiger charge is -2.41. The molecule has 0 aliphatic heterocycles. The molecule has 3 unspecified atom stereocenters. The highest BCUT2D eigenvalue weighted by Crippen LogP contribution is 2.46. The molecule has 3 atom stereocenters. The smallest absolute Gasteiger partial charge is 0.342 e. The first kappa shape index (κ1) is 35.2. The molecule has 47 heavy (non-hydrogen) atoms. The number of ether oxygens (including phenoxy) is 3. The van der Waals surface area contributed by atoms with E-state index in [1.807, 2.05) is 0 Å². The summed E-state index contributed by atoms with van der Waals surface area (Å²) in [5.41, 5.74) is -4.35. The van der Waals surface area contributed by atoms with Gasteiger partial charge in [-0.15, -0.1) is 0 Å². The van der Waals surface area contributed by atoms with Crippen molar-refractivity contribution in [1.29, 1.82) is 0 Å². The Morgan fingerprint density at radius 1 is 0.787 bits per heavy atom. The van der Waals surface area contributed by atoms with E-state index in [0.717, 1.165) is 0 Å². The summed E-state index contributed by atoms with van der Waals surface area (Å²) in [6, 6.07) is 17.3. The fraction of sp³-hybridized carbons (Fsp3) is 0.421. The topological polar surface area (TPSA) is 130 Å². The minimum absolute atomic E-state index is 0.0416. The monoisotopic (exact) mass is 642 g/mol. The van der Waals surface area contributed by atoms with Crippen molar-refractivity contribution in [3.63, 3.8) is 0 Å². The molecule has 248 valence electrons. The third kappa shape index (κ3) is 7.50. The second-order valence-electron chi connectivity index (χ2n) is 14.0. The first-order valence-electron chi connectivity index (χ1n) is 15.6. The average molecular weight is 643 g/mol. The van der Waals surface area contributed by atoms with Gasteiger partial charge in [-0.2, -0.15) is 0 Å². The maximum atomic E-state index is 14.1. The van der Waals surface area contributed by atoms with Gasteiger partial charge in [0.25, 0.3) is 0 Å². The Morgan fingerprint density at radius 3 is 1.91 bits per heavy atom. The van der Waals surface area contributed by atoms with E-state index in [9.17, 15) is 28.8 Å². The van der Waals surface area contributed by atoms with Crippen LogP contribution in [0.2, 0.25) is 0 Å². The lowest BCUT2D eigenvalue weighted by Crippen LogP contribution is -2.45. The van der Waals surface area contributed by atoms with Gasteiger partial charge in [-0.1, -0.05) is 66.7 Å². The molecule has 0 heterocycles. The molecule has 0 aromatic heterocycles. The van der Waals surface area contributed by atoms with Crippen LogP contribution in [0.4, 0.5) is 0 Å². The van der Waals surface area contributed by atoms with Crippen LogP contribution < -0.4 is 0 Å². The molecule has 2 aromatic carbocycles. The van der Waals surface area contributed by atoms with E-state index in [2.05, 4.69) is 0 Å². The number of rotatable bonds is 9. The summed E-state index contributed by atoms with van der Waals surface area (Å²) in [6.07, 6.45) is 2.63. The second-order valence-corrected chi connectivity index (χ2v) is 14.0. The summed E-state index contributed by atoms with van der Waals surface area (Å²) in [5, 5.41) is 0. The highest BCUT2D eigenvalue weighted by atomic mass is 16.6. The molecule has 0 saturated heterocycles. The Hall–Kier alpha value is -4.66. The van der Waals surface area contributed by atoms with E-state index in [1.54, 1.807) is 102 Å². The first-order chi connectivity index (χ1) is 21.9. The van der Waals surface area contributed by atoms with E-state index < -0.39 is 57.4 Å². The van der Waals surface area contributed by atoms with Gasteiger partial charge in [-0.3, -0.25) is 19.2 Å². The van der Waals surface area contributed by atoms with Crippen LogP contribution in [0.3, 0.4) is 0 Å². The van der Waals surface area contributed by atoms with Gasteiger partial charge in [0.05, 0.1) is 18.1 Å².